The number of hydrogen-bond donors (Lipinski definition) is 2. The number of aliphatic carboxylic acids is 1. The number of halogens is 1. The number of methoxy groups -OCH3 is 1. The second-order valence-corrected chi connectivity index (χ2v) is 10.7. The largest absolute Gasteiger partial charge is 0.496 e. The van der Waals surface area contributed by atoms with Crippen LogP contribution in [-0.4, -0.2) is 38.4 Å². The van der Waals surface area contributed by atoms with Crippen molar-refractivity contribution in [3.05, 3.63) is 70.3 Å². The standard InChI is InChI=1S/C23H15ClN4O4S3/c1-31-16-8-6-12(24)10-14(16)20-26-22(28-27-20)33-18(21(29)30)11-13-7-9-19(32-13)35-23-25-15-4-2-3-5-17(15)34-23/h2-11H,1H3,(H,29,30)(H,26,27,28)/b18-11-. The topological polar surface area (TPSA) is 114 Å². The summed E-state index contributed by atoms with van der Waals surface area (Å²) >= 11 is 9.94. The highest BCUT2D eigenvalue weighted by Gasteiger charge is 2.17. The number of benzene rings is 2. The van der Waals surface area contributed by atoms with Crippen LogP contribution in [0.1, 0.15) is 5.76 Å². The quantitative estimate of drug-likeness (QED) is 0.163. The third-order valence-electron chi connectivity index (χ3n) is 4.63. The van der Waals surface area contributed by atoms with Gasteiger partial charge in [0.25, 0.3) is 0 Å². The molecule has 0 amide bonds. The molecule has 3 aromatic heterocycles. The Bertz CT molecular complexity index is 1530. The number of aromatic nitrogens is 4. The first kappa shape index (κ1) is 23.5. The van der Waals surface area contributed by atoms with Crippen LogP contribution in [-0.2, 0) is 4.79 Å². The molecule has 0 saturated heterocycles. The zero-order valence-corrected chi connectivity index (χ0v) is 21.1. The lowest BCUT2D eigenvalue weighted by molar-refractivity contribution is -0.131. The number of thiazole rings is 1. The summed E-state index contributed by atoms with van der Waals surface area (Å²) in [4.78, 5) is 20.8. The third kappa shape index (κ3) is 5.38. The van der Waals surface area contributed by atoms with Crippen LogP contribution in [0.3, 0.4) is 0 Å². The number of nitrogens with zero attached hydrogens (tertiary/aromatic N) is 3. The van der Waals surface area contributed by atoms with Gasteiger partial charge < -0.3 is 14.3 Å². The molecule has 5 aromatic rings. The van der Waals surface area contributed by atoms with E-state index in [0.29, 0.717) is 33.0 Å². The van der Waals surface area contributed by atoms with Gasteiger partial charge in [-0.25, -0.2) is 14.8 Å². The molecule has 8 nitrogen and oxygen atoms in total. The number of para-hydroxylation sites is 1. The Morgan fingerprint density at radius 2 is 2.06 bits per heavy atom. The number of carboxylic acids is 1. The normalized spacial score (nSPS) is 11.8. The molecule has 0 spiro atoms. The Morgan fingerprint density at radius 1 is 1.20 bits per heavy atom. The Kier molecular flexibility index (Phi) is 6.82. The maximum Gasteiger partial charge on any atom is 0.342 e. The highest BCUT2D eigenvalue weighted by atomic mass is 35.5. The number of thioether (sulfide) groups is 1. The fourth-order valence-corrected chi connectivity index (χ4v) is 5.92. The van der Waals surface area contributed by atoms with Crippen LogP contribution >= 0.6 is 46.5 Å². The Morgan fingerprint density at radius 3 is 2.86 bits per heavy atom. The second-order valence-electron chi connectivity index (χ2n) is 6.93. The van der Waals surface area contributed by atoms with Crippen LogP contribution in [0.25, 0.3) is 27.7 Å². The van der Waals surface area contributed by atoms with Crippen molar-refractivity contribution in [3.63, 3.8) is 0 Å². The Balaban J connectivity index is 1.34. The first-order valence-corrected chi connectivity index (χ1v) is 12.8. The van der Waals surface area contributed by atoms with Crippen LogP contribution in [0.2, 0.25) is 5.02 Å². The SMILES string of the molecule is COc1ccc(Cl)cc1-c1nc(S/C(=C\c2ccc(Sc3nc4ccccc4s3)o2)C(=O)O)n[nH]1. The number of rotatable bonds is 8. The summed E-state index contributed by atoms with van der Waals surface area (Å²) in [6.45, 7) is 0. The third-order valence-corrected chi connectivity index (χ3v) is 7.76. The molecular weight excluding hydrogens is 528 g/mol. The number of aromatic amines is 1. The molecule has 0 aliphatic rings. The molecule has 12 heteroatoms. The number of hydrogen-bond acceptors (Lipinski definition) is 9. The minimum Gasteiger partial charge on any atom is -0.496 e. The predicted octanol–water partition coefficient (Wildman–Crippen LogP) is 6.71. The van der Waals surface area contributed by atoms with Gasteiger partial charge in [-0.2, -0.15) is 0 Å². The second kappa shape index (κ2) is 10.2. The van der Waals surface area contributed by atoms with E-state index in [9.17, 15) is 9.90 Å². The molecule has 0 unspecified atom stereocenters. The van der Waals surface area contributed by atoms with E-state index < -0.39 is 5.97 Å². The van der Waals surface area contributed by atoms with Gasteiger partial charge in [0.15, 0.2) is 15.3 Å². The zero-order chi connectivity index (χ0) is 24.4. The Labute approximate surface area is 216 Å². The number of fused-ring (bicyclic) bond motifs is 1. The van der Waals surface area contributed by atoms with Crippen LogP contribution in [0.15, 0.2) is 78.5 Å². The van der Waals surface area contributed by atoms with E-state index in [1.165, 1.54) is 24.9 Å². The zero-order valence-electron chi connectivity index (χ0n) is 17.9. The summed E-state index contributed by atoms with van der Waals surface area (Å²) in [6.07, 6.45) is 1.44. The maximum absolute atomic E-state index is 11.9. The first-order chi connectivity index (χ1) is 17.0. The molecule has 35 heavy (non-hydrogen) atoms. The average molecular weight is 543 g/mol. The van der Waals surface area contributed by atoms with Crippen LogP contribution in [0, 0.1) is 0 Å². The fraction of sp³-hybridized carbons (Fsp3) is 0.0435. The van der Waals surface area contributed by atoms with Gasteiger partial charge in [0.05, 0.1) is 22.9 Å². The molecule has 2 aromatic carbocycles. The van der Waals surface area contributed by atoms with Crippen molar-refractivity contribution >= 4 is 68.7 Å². The van der Waals surface area contributed by atoms with E-state index in [1.54, 1.807) is 41.7 Å². The molecule has 0 atom stereocenters. The number of nitrogens with one attached hydrogen (secondary N) is 1. The van der Waals surface area contributed by atoms with E-state index in [2.05, 4.69) is 20.2 Å². The smallest absolute Gasteiger partial charge is 0.342 e. The van der Waals surface area contributed by atoms with Crippen LogP contribution in [0.4, 0.5) is 0 Å². The number of H-pyrrole nitrogens is 1. The van der Waals surface area contributed by atoms with E-state index in [-0.39, 0.29) is 10.1 Å². The molecule has 0 radical (unpaired) electrons. The van der Waals surface area contributed by atoms with Crippen molar-refractivity contribution in [2.24, 2.45) is 0 Å². The molecule has 0 aliphatic heterocycles. The summed E-state index contributed by atoms with van der Waals surface area (Å²) < 4.78 is 13.1. The average Bonchev–Trinajstić information content (AvgIpc) is 3.58. The minimum atomic E-state index is -1.13. The molecule has 0 fully saturated rings. The van der Waals surface area contributed by atoms with Crippen molar-refractivity contribution in [1.82, 2.24) is 20.2 Å². The highest BCUT2D eigenvalue weighted by molar-refractivity contribution is 8.04. The van der Waals surface area contributed by atoms with Gasteiger partial charge in [0, 0.05) is 11.1 Å². The molecule has 0 aliphatic carbocycles. The number of furan rings is 1. The summed E-state index contributed by atoms with van der Waals surface area (Å²) in [7, 11) is 1.54. The molecule has 0 bridgehead atoms. The molecule has 5 rings (SSSR count). The van der Waals surface area contributed by atoms with Crippen molar-refractivity contribution in [2.75, 3.05) is 7.11 Å². The van der Waals surface area contributed by atoms with E-state index >= 15 is 0 Å². The van der Waals surface area contributed by atoms with Gasteiger partial charge in [0.1, 0.15) is 16.4 Å². The van der Waals surface area contributed by atoms with E-state index in [0.717, 1.165) is 26.3 Å². The lowest BCUT2D eigenvalue weighted by Crippen LogP contribution is -1.97. The van der Waals surface area contributed by atoms with Gasteiger partial charge in [0.2, 0.25) is 5.16 Å². The van der Waals surface area contributed by atoms with Gasteiger partial charge >= 0.3 is 5.97 Å². The van der Waals surface area contributed by atoms with Crippen LogP contribution in [0.5, 0.6) is 5.75 Å². The number of carboxylic acid groups (broad SMARTS) is 1. The monoisotopic (exact) mass is 542 g/mol. The van der Waals surface area contributed by atoms with Gasteiger partial charge in [-0.1, -0.05) is 23.7 Å². The first-order valence-electron chi connectivity index (χ1n) is 10.0. The van der Waals surface area contributed by atoms with E-state index in [4.69, 9.17) is 20.8 Å². The summed E-state index contributed by atoms with van der Waals surface area (Å²) in [6, 6.07) is 16.5. The summed E-state index contributed by atoms with van der Waals surface area (Å²) in [5, 5.41) is 18.0. The Hall–Kier alpha value is -3.25. The highest BCUT2D eigenvalue weighted by Crippen LogP contribution is 2.36. The van der Waals surface area contributed by atoms with Crippen molar-refractivity contribution in [3.8, 4) is 17.1 Å². The predicted molar refractivity (Wildman–Crippen MR) is 137 cm³/mol. The van der Waals surface area contributed by atoms with Crippen molar-refractivity contribution in [2.45, 2.75) is 14.6 Å². The summed E-state index contributed by atoms with van der Waals surface area (Å²) in [5.41, 5.74) is 1.54. The summed E-state index contributed by atoms with van der Waals surface area (Å²) in [5.74, 6) is 0.234. The molecule has 3 heterocycles. The van der Waals surface area contributed by atoms with Crippen molar-refractivity contribution in [1.29, 1.82) is 0 Å². The maximum atomic E-state index is 11.9. The fourth-order valence-electron chi connectivity index (χ4n) is 3.09. The molecular formula is C23H15ClN4O4S3. The lowest BCUT2D eigenvalue weighted by atomic mass is 10.2. The van der Waals surface area contributed by atoms with Gasteiger partial charge in [-0.05, 0) is 66.0 Å². The van der Waals surface area contributed by atoms with Crippen molar-refractivity contribution < 1.29 is 19.1 Å². The molecule has 0 saturated carbocycles. The molecule has 2 N–H and O–H groups in total. The number of carbonyl (C=O) groups is 1. The van der Waals surface area contributed by atoms with Gasteiger partial charge in [-0.3, -0.25) is 5.10 Å². The lowest BCUT2D eigenvalue weighted by Gasteiger charge is -2.05. The molecule has 176 valence electrons. The number of ether oxygens (including phenoxy) is 1. The van der Waals surface area contributed by atoms with Crippen LogP contribution < -0.4 is 4.74 Å². The van der Waals surface area contributed by atoms with E-state index in [1.807, 2.05) is 24.3 Å². The van der Waals surface area contributed by atoms with Gasteiger partial charge in [-0.15, -0.1) is 16.4 Å². The minimum absolute atomic E-state index is 0.000467.